The van der Waals surface area contributed by atoms with Gasteiger partial charge in [-0.15, -0.1) is 0 Å². The Morgan fingerprint density at radius 1 is 1.23 bits per heavy atom. The molecule has 0 aliphatic heterocycles. The molecule has 22 heavy (non-hydrogen) atoms. The number of Topliss-reactive ketones (excluding diaryl/α,β-unsaturated/α-hetero) is 1. The minimum Gasteiger partial charge on any atom is -0.496 e. The fourth-order valence-electron chi connectivity index (χ4n) is 1.81. The van der Waals surface area contributed by atoms with Crippen LogP contribution in [0.25, 0.3) is 0 Å². The molecule has 1 amide bonds. The summed E-state index contributed by atoms with van der Waals surface area (Å²) in [6.07, 6.45) is 3.09. The summed E-state index contributed by atoms with van der Waals surface area (Å²) in [4.78, 5) is 31.7. The maximum absolute atomic E-state index is 12.2. The number of nitrogens with one attached hydrogen (secondary N) is 1. The number of methoxy groups -OCH3 is 1. The first-order valence-corrected chi connectivity index (χ1v) is 6.91. The van der Waals surface area contributed by atoms with E-state index in [2.05, 4.69) is 15.3 Å². The predicted molar refractivity (Wildman–Crippen MR) is 82.2 cm³/mol. The Bertz CT molecular complexity index is 677. The lowest BCUT2D eigenvalue weighted by Crippen LogP contribution is -2.15. The summed E-state index contributed by atoms with van der Waals surface area (Å²) in [5.41, 5.74) is 0.360. The van der Waals surface area contributed by atoms with Crippen LogP contribution in [0.5, 0.6) is 5.75 Å². The Balaban J connectivity index is 1.95. The molecule has 0 bridgehead atoms. The van der Waals surface area contributed by atoms with Crippen molar-refractivity contribution < 1.29 is 14.3 Å². The molecule has 0 atom stereocenters. The standard InChI is InChI=1S/C15H14ClN3O3/c1-22-13-5-3-10(16)9-11(13)12(20)4-6-14(21)19-15-17-7-2-8-18-15/h2-3,5,7-9H,4,6H2,1H3,(H,17,18,19,21). The monoisotopic (exact) mass is 319 g/mol. The summed E-state index contributed by atoms with van der Waals surface area (Å²) in [6.45, 7) is 0. The van der Waals surface area contributed by atoms with Crippen molar-refractivity contribution >= 4 is 29.2 Å². The molecule has 114 valence electrons. The minimum absolute atomic E-state index is 0.0206. The predicted octanol–water partition coefficient (Wildman–Crippen LogP) is 2.74. The van der Waals surface area contributed by atoms with Crippen LogP contribution >= 0.6 is 11.6 Å². The van der Waals surface area contributed by atoms with Gasteiger partial charge in [0.2, 0.25) is 11.9 Å². The van der Waals surface area contributed by atoms with Crippen LogP contribution in [-0.4, -0.2) is 28.8 Å². The van der Waals surface area contributed by atoms with Gasteiger partial charge in [0.1, 0.15) is 5.75 Å². The molecule has 1 aromatic carbocycles. The maximum atomic E-state index is 12.2. The fourth-order valence-corrected chi connectivity index (χ4v) is 1.98. The number of carbonyl (C=O) groups is 2. The van der Waals surface area contributed by atoms with E-state index < -0.39 is 0 Å². The molecule has 6 nitrogen and oxygen atoms in total. The maximum Gasteiger partial charge on any atom is 0.229 e. The number of carbonyl (C=O) groups excluding carboxylic acids is 2. The second kappa shape index (κ2) is 7.51. The molecule has 0 aliphatic carbocycles. The molecular weight excluding hydrogens is 306 g/mol. The molecule has 1 aromatic heterocycles. The van der Waals surface area contributed by atoms with E-state index in [-0.39, 0.29) is 30.5 Å². The molecule has 0 saturated heterocycles. The summed E-state index contributed by atoms with van der Waals surface area (Å²) >= 11 is 5.88. The van der Waals surface area contributed by atoms with Gasteiger partial charge in [-0.2, -0.15) is 0 Å². The van der Waals surface area contributed by atoms with E-state index in [0.717, 1.165) is 0 Å². The van der Waals surface area contributed by atoms with Crippen LogP contribution in [-0.2, 0) is 4.79 Å². The van der Waals surface area contributed by atoms with Crippen LogP contribution in [0.3, 0.4) is 0 Å². The van der Waals surface area contributed by atoms with Gasteiger partial charge in [0.25, 0.3) is 0 Å². The van der Waals surface area contributed by atoms with Crippen molar-refractivity contribution in [3.63, 3.8) is 0 Å². The van der Waals surface area contributed by atoms with E-state index >= 15 is 0 Å². The summed E-state index contributed by atoms with van der Waals surface area (Å²) in [6, 6.07) is 6.43. The number of rotatable bonds is 6. The number of hydrogen-bond donors (Lipinski definition) is 1. The number of ether oxygens (including phenoxy) is 1. The molecule has 0 radical (unpaired) electrons. The highest BCUT2D eigenvalue weighted by molar-refractivity contribution is 6.31. The third kappa shape index (κ3) is 4.26. The number of hydrogen-bond acceptors (Lipinski definition) is 5. The molecule has 2 rings (SSSR count). The van der Waals surface area contributed by atoms with Crippen molar-refractivity contribution in [3.05, 3.63) is 47.2 Å². The van der Waals surface area contributed by atoms with Crippen LogP contribution in [0.1, 0.15) is 23.2 Å². The van der Waals surface area contributed by atoms with Crippen molar-refractivity contribution in [1.82, 2.24) is 9.97 Å². The van der Waals surface area contributed by atoms with Crippen LogP contribution in [0, 0.1) is 0 Å². The first kappa shape index (κ1) is 15.9. The molecule has 0 fully saturated rings. The molecule has 0 spiro atoms. The Morgan fingerprint density at radius 2 is 1.95 bits per heavy atom. The zero-order chi connectivity index (χ0) is 15.9. The molecule has 0 aliphatic rings. The largest absolute Gasteiger partial charge is 0.496 e. The van der Waals surface area contributed by atoms with Gasteiger partial charge in [-0.1, -0.05) is 11.6 Å². The lowest BCUT2D eigenvalue weighted by atomic mass is 10.1. The van der Waals surface area contributed by atoms with Gasteiger partial charge in [-0.3, -0.25) is 14.9 Å². The van der Waals surface area contributed by atoms with E-state index in [0.29, 0.717) is 16.3 Å². The van der Waals surface area contributed by atoms with Gasteiger partial charge in [0.05, 0.1) is 12.7 Å². The van der Waals surface area contributed by atoms with Crippen molar-refractivity contribution in [2.45, 2.75) is 12.8 Å². The number of amides is 1. The van der Waals surface area contributed by atoms with Gasteiger partial charge in [0, 0.05) is 30.3 Å². The van der Waals surface area contributed by atoms with E-state index in [9.17, 15) is 9.59 Å². The summed E-state index contributed by atoms with van der Waals surface area (Å²) in [5, 5.41) is 2.95. The SMILES string of the molecule is COc1ccc(Cl)cc1C(=O)CCC(=O)Nc1ncccn1. The lowest BCUT2D eigenvalue weighted by molar-refractivity contribution is -0.116. The highest BCUT2D eigenvalue weighted by Gasteiger charge is 2.15. The summed E-state index contributed by atoms with van der Waals surface area (Å²) in [5.74, 6) is 0.0884. The Morgan fingerprint density at radius 3 is 2.64 bits per heavy atom. The second-order valence-corrected chi connectivity index (χ2v) is 4.82. The first-order chi connectivity index (χ1) is 10.6. The Hall–Kier alpha value is -2.47. The van der Waals surface area contributed by atoms with Crippen molar-refractivity contribution in [2.75, 3.05) is 12.4 Å². The molecule has 7 heteroatoms. The number of benzene rings is 1. The smallest absolute Gasteiger partial charge is 0.229 e. The van der Waals surface area contributed by atoms with Gasteiger partial charge >= 0.3 is 0 Å². The van der Waals surface area contributed by atoms with Crippen molar-refractivity contribution in [3.8, 4) is 5.75 Å². The zero-order valence-electron chi connectivity index (χ0n) is 11.9. The topological polar surface area (TPSA) is 81.2 Å². The van der Waals surface area contributed by atoms with E-state index in [4.69, 9.17) is 16.3 Å². The van der Waals surface area contributed by atoms with Crippen LogP contribution in [0.2, 0.25) is 5.02 Å². The molecule has 1 heterocycles. The molecule has 1 N–H and O–H groups in total. The summed E-state index contributed by atoms with van der Waals surface area (Å²) < 4.78 is 5.12. The van der Waals surface area contributed by atoms with Crippen molar-refractivity contribution in [1.29, 1.82) is 0 Å². The number of nitrogens with zero attached hydrogens (tertiary/aromatic N) is 2. The number of aromatic nitrogens is 2. The second-order valence-electron chi connectivity index (χ2n) is 4.39. The van der Waals surface area contributed by atoms with Crippen LogP contribution in [0.4, 0.5) is 5.95 Å². The van der Waals surface area contributed by atoms with Crippen molar-refractivity contribution in [2.24, 2.45) is 0 Å². The Kier molecular flexibility index (Phi) is 5.43. The van der Waals surface area contributed by atoms with Gasteiger partial charge in [0.15, 0.2) is 5.78 Å². The fraction of sp³-hybridized carbons (Fsp3) is 0.200. The van der Waals surface area contributed by atoms with E-state index in [1.165, 1.54) is 25.6 Å². The number of ketones is 1. The minimum atomic E-state index is -0.333. The third-order valence-electron chi connectivity index (χ3n) is 2.86. The quantitative estimate of drug-likeness (QED) is 0.828. The Labute approximate surface area is 132 Å². The normalized spacial score (nSPS) is 10.1. The van der Waals surface area contributed by atoms with E-state index in [1.54, 1.807) is 18.2 Å². The van der Waals surface area contributed by atoms with E-state index in [1.807, 2.05) is 0 Å². The highest BCUT2D eigenvalue weighted by atomic mass is 35.5. The number of anilines is 1. The molecular formula is C15H14ClN3O3. The zero-order valence-corrected chi connectivity index (χ0v) is 12.6. The van der Waals surface area contributed by atoms with Crippen LogP contribution in [0.15, 0.2) is 36.7 Å². The average molecular weight is 320 g/mol. The average Bonchev–Trinajstić information content (AvgIpc) is 2.53. The van der Waals surface area contributed by atoms with Gasteiger partial charge in [-0.05, 0) is 24.3 Å². The van der Waals surface area contributed by atoms with Crippen LogP contribution < -0.4 is 10.1 Å². The third-order valence-corrected chi connectivity index (χ3v) is 3.09. The van der Waals surface area contributed by atoms with Gasteiger partial charge in [-0.25, -0.2) is 9.97 Å². The molecule has 0 saturated carbocycles. The lowest BCUT2D eigenvalue weighted by Gasteiger charge is -2.08. The summed E-state index contributed by atoms with van der Waals surface area (Å²) in [7, 11) is 1.47. The van der Waals surface area contributed by atoms with Gasteiger partial charge < -0.3 is 4.74 Å². The highest BCUT2D eigenvalue weighted by Crippen LogP contribution is 2.24. The molecule has 0 unspecified atom stereocenters. The first-order valence-electron chi connectivity index (χ1n) is 6.54. The molecule has 2 aromatic rings. The number of halogens is 1.